The number of rotatable bonds is 14. The van der Waals surface area contributed by atoms with E-state index in [0.717, 1.165) is 38.5 Å². The van der Waals surface area contributed by atoms with E-state index in [0.29, 0.717) is 19.7 Å². The molecule has 0 aromatic carbocycles. The number of nitrogens with zero attached hydrogens (tertiary/aromatic N) is 1. The zero-order valence-electron chi connectivity index (χ0n) is 19.0. The van der Waals surface area contributed by atoms with Gasteiger partial charge < -0.3 is 15.0 Å². The predicted octanol–water partition coefficient (Wildman–Crippen LogP) is 4.36. The molecule has 1 atom stereocenters. The lowest BCUT2D eigenvalue weighted by atomic mass is 10.0. The van der Waals surface area contributed by atoms with Crippen molar-refractivity contribution in [2.45, 2.75) is 109 Å². The zero-order valence-corrected chi connectivity index (χ0v) is 19.0. The minimum Gasteiger partial charge on any atom is -0.466 e. The molecule has 1 heterocycles. The highest BCUT2D eigenvalue weighted by molar-refractivity contribution is 5.92. The monoisotopic (exact) mass is 422 g/mol. The fourth-order valence-corrected chi connectivity index (χ4v) is 4.58. The second-order valence-corrected chi connectivity index (χ2v) is 8.93. The summed E-state index contributed by atoms with van der Waals surface area (Å²) in [4.78, 5) is 39.0. The summed E-state index contributed by atoms with van der Waals surface area (Å²) >= 11 is 0. The van der Waals surface area contributed by atoms with Gasteiger partial charge in [0, 0.05) is 19.0 Å². The van der Waals surface area contributed by atoms with Crippen molar-refractivity contribution in [1.82, 2.24) is 10.2 Å². The van der Waals surface area contributed by atoms with E-state index < -0.39 is 6.04 Å². The maximum Gasteiger partial charge on any atom is 0.308 e. The molecule has 2 aliphatic rings. The van der Waals surface area contributed by atoms with E-state index in [4.69, 9.17) is 4.74 Å². The number of amides is 2. The molecule has 2 fully saturated rings. The van der Waals surface area contributed by atoms with Crippen molar-refractivity contribution in [1.29, 1.82) is 0 Å². The molecule has 30 heavy (non-hydrogen) atoms. The van der Waals surface area contributed by atoms with E-state index in [9.17, 15) is 14.4 Å². The average Bonchev–Trinajstić information content (AvgIpc) is 3.28. The Kier molecular flexibility index (Phi) is 11.9. The quantitative estimate of drug-likeness (QED) is 0.333. The maximum atomic E-state index is 12.8. The van der Waals surface area contributed by atoms with Crippen LogP contribution in [-0.2, 0) is 19.1 Å². The topological polar surface area (TPSA) is 75.7 Å². The summed E-state index contributed by atoms with van der Waals surface area (Å²) in [6.45, 7) is 3.59. The second-order valence-electron chi connectivity index (χ2n) is 8.93. The van der Waals surface area contributed by atoms with Gasteiger partial charge in [-0.2, -0.15) is 0 Å². The molecule has 1 saturated carbocycles. The van der Waals surface area contributed by atoms with Gasteiger partial charge in [-0.25, -0.2) is 0 Å². The van der Waals surface area contributed by atoms with Crippen LogP contribution >= 0.6 is 0 Å². The third-order valence-electron chi connectivity index (χ3n) is 6.44. The fourth-order valence-electron chi connectivity index (χ4n) is 4.58. The van der Waals surface area contributed by atoms with Gasteiger partial charge in [0.1, 0.15) is 6.04 Å². The maximum absolute atomic E-state index is 12.8. The van der Waals surface area contributed by atoms with E-state index in [1.54, 1.807) is 4.90 Å². The van der Waals surface area contributed by atoms with Crippen molar-refractivity contribution >= 4 is 17.8 Å². The van der Waals surface area contributed by atoms with Crippen molar-refractivity contribution in [3.8, 4) is 0 Å². The molecule has 2 rings (SSSR count). The highest BCUT2D eigenvalue weighted by atomic mass is 16.5. The van der Waals surface area contributed by atoms with Crippen LogP contribution < -0.4 is 5.32 Å². The first-order chi connectivity index (χ1) is 14.6. The molecule has 1 aliphatic carbocycles. The Morgan fingerprint density at radius 2 is 1.57 bits per heavy atom. The van der Waals surface area contributed by atoms with Crippen molar-refractivity contribution in [3.63, 3.8) is 0 Å². The molecule has 0 bridgehead atoms. The standard InChI is InChI=1S/C24H42N2O4/c1-2-3-4-5-6-7-8-9-10-13-18-30-22(27)19-21-23(28)25-16-17-26(21)24(29)20-14-11-12-15-20/h20-21H,2-19H2,1H3,(H,25,28). The lowest BCUT2D eigenvalue weighted by Gasteiger charge is -2.36. The molecule has 0 aromatic heterocycles. The SMILES string of the molecule is CCCCCCCCCCCCOC(=O)CC1C(=O)NCCN1C(=O)C1CCCC1. The van der Waals surface area contributed by atoms with Crippen LogP contribution in [-0.4, -0.2) is 48.4 Å². The summed E-state index contributed by atoms with van der Waals surface area (Å²) in [5.41, 5.74) is 0. The van der Waals surface area contributed by atoms with Gasteiger partial charge in [0.05, 0.1) is 13.0 Å². The van der Waals surface area contributed by atoms with Crippen LogP contribution in [0.3, 0.4) is 0 Å². The van der Waals surface area contributed by atoms with E-state index in [-0.39, 0.29) is 30.1 Å². The largest absolute Gasteiger partial charge is 0.466 e. The smallest absolute Gasteiger partial charge is 0.308 e. The normalized spacial score (nSPS) is 19.7. The van der Waals surface area contributed by atoms with Crippen molar-refractivity contribution in [2.24, 2.45) is 5.92 Å². The Bertz CT molecular complexity index is 531. The van der Waals surface area contributed by atoms with Gasteiger partial charge in [-0.15, -0.1) is 0 Å². The number of carbonyl (C=O) groups is 3. The van der Waals surface area contributed by atoms with Crippen LogP contribution in [0.5, 0.6) is 0 Å². The number of unbranched alkanes of at least 4 members (excludes halogenated alkanes) is 9. The Hall–Kier alpha value is -1.59. The number of carbonyl (C=O) groups excluding carboxylic acids is 3. The zero-order chi connectivity index (χ0) is 21.6. The second kappa shape index (κ2) is 14.4. The van der Waals surface area contributed by atoms with Gasteiger partial charge in [-0.3, -0.25) is 14.4 Å². The summed E-state index contributed by atoms with van der Waals surface area (Å²) in [6.07, 6.45) is 16.2. The molecule has 6 heteroatoms. The molecular formula is C24H42N2O4. The van der Waals surface area contributed by atoms with Gasteiger partial charge in [0.15, 0.2) is 0 Å². The number of piperazine rings is 1. The molecule has 0 radical (unpaired) electrons. The highest BCUT2D eigenvalue weighted by Crippen LogP contribution is 2.28. The Morgan fingerprint density at radius 1 is 0.967 bits per heavy atom. The molecule has 0 spiro atoms. The predicted molar refractivity (Wildman–Crippen MR) is 118 cm³/mol. The number of hydrogen-bond donors (Lipinski definition) is 1. The number of esters is 1. The molecule has 0 aromatic rings. The van der Waals surface area contributed by atoms with E-state index in [2.05, 4.69) is 12.2 Å². The average molecular weight is 423 g/mol. The number of hydrogen-bond acceptors (Lipinski definition) is 4. The lowest BCUT2D eigenvalue weighted by molar-refractivity contribution is -0.153. The third kappa shape index (κ3) is 8.65. The van der Waals surface area contributed by atoms with Crippen LogP contribution in [0.25, 0.3) is 0 Å². The lowest BCUT2D eigenvalue weighted by Crippen LogP contribution is -2.58. The first-order valence-corrected chi connectivity index (χ1v) is 12.4. The highest BCUT2D eigenvalue weighted by Gasteiger charge is 2.38. The molecule has 6 nitrogen and oxygen atoms in total. The summed E-state index contributed by atoms with van der Waals surface area (Å²) < 4.78 is 5.36. The molecule has 1 N–H and O–H groups in total. The fraction of sp³-hybridized carbons (Fsp3) is 0.875. The molecule has 1 saturated heterocycles. The van der Waals surface area contributed by atoms with E-state index >= 15 is 0 Å². The minimum absolute atomic E-state index is 0.0149. The Balaban J connectivity index is 1.59. The molecule has 2 amide bonds. The van der Waals surface area contributed by atoms with E-state index in [1.165, 1.54) is 51.4 Å². The van der Waals surface area contributed by atoms with Crippen molar-refractivity contribution in [3.05, 3.63) is 0 Å². The van der Waals surface area contributed by atoms with Gasteiger partial charge >= 0.3 is 5.97 Å². The molecule has 1 unspecified atom stereocenters. The molecular weight excluding hydrogens is 380 g/mol. The van der Waals surface area contributed by atoms with Gasteiger partial charge in [0.2, 0.25) is 11.8 Å². The van der Waals surface area contributed by atoms with Gasteiger partial charge in [0.25, 0.3) is 0 Å². The molecule has 1 aliphatic heterocycles. The van der Waals surface area contributed by atoms with E-state index in [1.807, 2.05) is 0 Å². The van der Waals surface area contributed by atoms with Crippen molar-refractivity contribution in [2.75, 3.05) is 19.7 Å². The summed E-state index contributed by atoms with van der Waals surface area (Å²) in [5.74, 6) is -0.559. The van der Waals surface area contributed by atoms with Gasteiger partial charge in [-0.05, 0) is 19.3 Å². The molecule has 172 valence electrons. The first kappa shape index (κ1) is 24.7. The van der Waals surface area contributed by atoms with Crippen LogP contribution in [0.15, 0.2) is 0 Å². The minimum atomic E-state index is -0.716. The Labute approximate surface area is 182 Å². The Morgan fingerprint density at radius 3 is 2.20 bits per heavy atom. The van der Waals surface area contributed by atoms with Crippen molar-refractivity contribution < 1.29 is 19.1 Å². The van der Waals surface area contributed by atoms with Crippen LogP contribution in [0.2, 0.25) is 0 Å². The number of nitrogens with one attached hydrogen (secondary N) is 1. The van der Waals surface area contributed by atoms with Gasteiger partial charge in [-0.1, -0.05) is 77.6 Å². The number of ether oxygens (including phenoxy) is 1. The van der Waals surface area contributed by atoms with Crippen LogP contribution in [0.1, 0.15) is 103 Å². The summed E-state index contributed by atoms with van der Waals surface area (Å²) in [6, 6.07) is -0.716. The third-order valence-corrected chi connectivity index (χ3v) is 6.44. The van der Waals surface area contributed by atoms with Crippen LogP contribution in [0.4, 0.5) is 0 Å². The summed E-state index contributed by atoms with van der Waals surface area (Å²) in [7, 11) is 0. The van der Waals surface area contributed by atoms with Crippen LogP contribution in [0, 0.1) is 5.92 Å². The summed E-state index contributed by atoms with van der Waals surface area (Å²) in [5, 5.41) is 2.78. The first-order valence-electron chi connectivity index (χ1n) is 12.4.